The van der Waals surface area contributed by atoms with Gasteiger partial charge in [-0.2, -0.15) is 0 Å². The van der Waals surface area contributed by atoms with Crippen molar-refractivity contribution in [3.8, 4) is 0 Å². The third-order valence-electron chi connectivity index (χ3n) is 3.21. The molecule has 1 amide bonds. The first-order valence-electron chi connectivity index (χ1n) is 5.36. The summed E-state index contributed by atoms with van der Waals surface area (Å²) in [5.41, 5.74) is 2.68. The second-order valence-electron chi connectivity index (χ2n) is 4.02. The first-order chi connectivity index (χ1) is 7.33. The third kappa shape index (κ3) is 1.16. The van der Waals surface area contributed by atoms with Crippen LogP contribution in [0.15, 0.2) is 24.3 Å². The Kier molecular flexibility index (Phi) is 1.75. The van der Waals surface area contributed by atoms with Crippen LogP contribution in [0.3, 0.4) is 0 Å². The van der Waals surface area contributed by atoms with E-state index in [2.05, 4.69) is 18.2 Å². The Labute approximate surface area is 88.6 Å². The van der Waals surface area contributed by atoms with E-state index in [1.807, 2.05) is 17.9 Å². The standard InChI is InChI=1S/C12H13NO2/c1-2-15-12(14)13-10-7-8-5-3-4-6-9(8)11(10)13/h3-6,10-11H,2,7H2,1H3. The van der Waals surface area contributed by atoms with E-state index in [1.54, 1.807) is 0 Å². The molecule has 0 spiro atoms. The predicted octanol–water partition coefficient (Wildman–Crippen LogP) is 2.12. The average Bonchev–Trinajstić information content (AvgIpc) is 2.83. The first-order valence-corrected chi connectivity index (χ1v) is 5.36. The van der Waals surface area contributed by atoms with Crippen molar-refractivity contribution in [1.29, 1.82) is 0 Å². The summed E-state index contributed by atoms with van der Waals surface area (Å²) in [4.78, 5) is 13.4. The second-order valence-corrected chi connectivity index (χ2v) is 4.02. The molecule has 1 aromatic carbocycles. The van der Waals surface area contributed by atoms with E-state index in [9.17, 15) is 4.79 Å². The normalized spacial score (nSPS) is 25.8. The molecule has 2 unspecified atom stereocenters. The summed E-state index contributed by atoms with van der Waals surface area (Å²) in [6.07, 6.45) is 0.821. The van der Waals surface area contributed by atoms with Crippen LogP contribution in [0.4, 0.5) is 4.79 Å². The van der Waals surface area contributed by atoms with Crippen molar-refractivity contribution in [2.24, 2.45) is 0 Å². The number of amides is 1. The van der Waals surface area contributed by atoms with Gasteiger partial charge in [0.15, 0.2) is 0 Å². The van der Waals surface area contributed by atoms with Gasteiger partial charge in [0.1, 0.15) is 0 Å². The summed E-state index contributed by atoms with van der Waals surface area (Å²) >= 11 is 0. The van der Waals surface area contributed by atoms with E-state index < -0.39 is 0 Å². The molecule has 0 aromatic heterocycles. The van der Waals surface area contributed by atoms with Gasteiger partial charge in [0.2, 0.25) is 0 Å². The Morgan fingerprint density at radius 1 is 1.53 bits per heavy atom. The van der Waals surface area contributed by atoms with Gasteiger partial charge in [0, 0.05) is 0 Å². The van der Waals surface area contributed by atoms with E-state index in [0.717, 1.165) is 6.42 Å². The molecule has 3 rings (SSSR count). The van der Waals surface area contributed by atoms with Crippen molar-refractivity contribution in [2.45, 2.75) is 25.4 Å². The highest BCUT2D eigenvalue weighted by molar-refractivity contribution is 5.74. The van der Waals surface area contributed by atoms with Gasteiger partial charge in [-0.1, -0.05) is 24.3 Å². The van der Waals surface area contributed by atoms with Crippen molar-refractivity contribution in [1.82, 2.24) is 4.90 Å². The monoisotopic (exact) mass is 203 g/mol. The van der Waals surface area contributed by atoms with Crippen LogP contribution in [0.2, 0.25) is 0 Å². The average molecular weight is 203 g/mol. The molecule has 1 aliphatic heterocycles. The van der Waals surface area contributed by atoms with Crippen LogP contribution in [-0.4, -0.2) is 23.6 Å². The van der Waals surface area contributed by atoms with E-state index >= 15 is 0 Å². The highest BCUT2D eigenvalue weighted by Crippen LogP contribution is 2.51. The zero-order valence-electron chi connectivity index (χ0n) is 8.64. The van der Waals surface area contributed by atoms with Gasteiger partial charge < -0.3 is 4.74 Å². The van der Waals surface area contributed by atoms with Gasteiger partial charge in [-0.25, -0.2) is 4.79 Å². The summed E-state index contributed by atoms with van der Waals surface area (Å²) < 4.78 is 5.00. The smallest absolute Gasteiger partial charge is 0.410 e. The summed E-state index contributed by atoms with van der Waals surface area (Å²) in [7, 11) is 0. The molecular formula is C12H13NO2. The van der Waals surface area contributed by atoms with Crippen LogP contribution < -0.4 is 0 Å². The molecular weight excluding hydrogens is 190 g/mol. The van der Waals surface area contributed by atoms with Gasteiger partial charge in [-0.3, -0.25) is 4.90 Å². The molecule has 0 N–H and O–H groups in total. The zero-order chi connectivity index (χ0) is 10.4. The molecule has 0 saturated carbocycles. The van der Waals surface area contributed by atoms with Crippen LogP contribution in [0, 0.1) is 0 Å². The fraction of sp³-hybridized carbons (Fsp3) is 0.417. The molecule has 1 aromatic rings. The highest BCUT2D eigenvalue weighted by atomic mass is 16.6. The molecule has 2 aliphatic rings. The minimum atomic E-state index is -0.165. The van der Waals surface area contributed by atoms with Gasteiger partial charge in [-0.15, -0.1) is 0 Å². The van der Waals surface area contributed by atoms with Crippen LogP contribution in [0.1, 0.15) is 24.1 Å². The Morgan fingerprint density at radius 2 is 2.33 bits per heavy atom. The fourth-order valence-electron chi connectivity index (χ4n) is 2.53. The number of benzene rings is 1. The minimum Gasteiger partial charge on any atom is -0.450 e. The highest BCUT2D eigenvalue weighted by Gasteiger charge is 2.57. The minimum absolute atomic E-state index is 0.165. The lowest BCUT2D eigenvalue weighted by Gasteiger charge is -2.09. The van der Waals surface area contributed by atoms with Crippen molar-refractivity contribution < 1.29 is 9.53 Å². The molecule has 1 fully saturated rings. The third-order valence-corrected chi connectivity index (χ3v) is 3.21. The maximum Gasteiger partial charge on any atom is 0.410 e. The Hall–Kier alpha value is -1.51. The van der Waals surface area contributed by atoms with Crippen LogP contribution >= 0.6 is 0 Å². The number of hydrogen-bond acceptors (Lipinski definition) is 2. The summed E-state index contributed by atoms with van der Waals surface area (Å²) in [6.45, 7) is 2.29. The SMILES string of the molecule is CCOC(=O)N1C2Cc3ccccc3C21. The lowest BCUT2D eigenvalue weighted by atomic mass is 10.1. The van der Waals surface area contributed by atoms with Gasteiger partial charge >= 0.3 is 6.09 Å². The molecule has 2 atom stereocenters. The number of carbonyl (C=O) groups is 1. The number of carbonyl (C=O) groups excluding carboxylic acids is 1. The van der Waals surface area contributed by atoms with Crippen LogP contribution in [0.5, 0.6) is 0 Å². The lowest BCUT2D eigenvalue weighted by Crippen LogP contribution is -2.18. The molecule has 1 aliphatic carbocycles. The quantitative estimate of drug-likeness (QED) is 0.654. The van der Waals surface area contributed by atoms with E-state index in [-0.39, 0.29) is 6.09 Å². The van der Waals surface area contributed by atoms with Crippen molar-refractivity contribution in [2.75, 3.05) is 6.61 Å². The van der Waals surface area contributed by atoms with Crippen LogP contribution in [0.25, 0.3) is 0 Å². The van der Waals surface area contributed by atoms with Gasteiger partial charge in [0.25, 0.3) is 0 Å². The zero-order valence-corrected chi connectivity index (χ0v) is 8.64. The Bertz CT molecular complexity index is 416. The Balaban J connectivity index is 1.81. The van der Waals surface area contributed by atoms with Crippen molar-refractivity contribution >= 4 is 6.09 Å². The van der Waals surface area contributed by atoms with Gasteiger partial charge in [0.05, 0.1) is 18.7 Å². The largest absolute Gasteiger partial charge is 0.450 e. The molecule has 0 bridgehead atoms. The summed E-state index contributed by atoms with van der Waals surface area (Å²) in [6, 6.07) is 8.99. The molecule has 15 heavy (non-hydrogen) atoms. The van der Waals surface area contributed by atoms with Crippen molar-refractivity contribution in [3.63, 3.8) is 0 Å². The summed E-state index contributed by atoms with van der Waals surface area (Å²) in [5, 5.41) is 0. The number of rotatable bonds is 1. The lowest BCUT2D eigenvalue weighted by molar-refractivity contribution is 0.131. The molecule has 1 heterocycles. The molecule has 78 valence electrons. The van der Waals surface area contributed by atoms with E-state index in [4.69, 9.17) is 4.74 Å². The predicted molar refractivity (Wildman–Crippen MR) is 55.5 cm³/mol. The number of hydrogen-bond donors (Lipinski definition) is 0. The van der Waals surface area contributed by atoms with Gasteiger partial charge in [-0.05, 0) is 24.5 Å². The fourth-order valence-corrected chi connectivity index (χ4v) is 2.53. The topological polar surface area (TPSA) is 29.3 Å². The van der Waals surface area contributed by atoms with E-state index in [0.29, 0.717) is 18.7 Å². The first kappa shape index (κ1) is 8.77. The molecule has 0 radical (unpaired) electrons. The number of ether oxygens (including phenoxy) is 1. The second kappa shape index (κ2) is 2.99. The molecule has 3 heteroatoms. The van der Waals surface area contributed by atoms with Crippen molar-refractivity contribution in [3.05, 3.63) is 35.4 Å². The van der Waals surface area contributed by atoms with Crippen LogP contribution in [-0.2, 0) is 11.2 Å². The summed E-state index contributed by atoms with van der Waals surface area (Å²) in [5.74, 6) is 0. The maximum atomic E-state index is 11.5. The maximum absolute atomic E-state index is 11.5. The van der Waals surface area contributed by atoms with E-state index in [1.165, 1.54) is 11.1 Å². The molecule has 1 saturated heterocycles. The number of nitrogens with zero attached hydrogens (tertiary/aromatic N) is 1. The number of fused-ring (bicyclic) bond motifs is 3. The Morgan fingerprint density at radius 3 is 3.13 bits per heavy atom. The molecule has 3 nitrogen and oxygen atoms in total.